The molecule has 0 bridgehead atoms. The van der Waals surface area contributed by atoms with Gasteiger partial charge in [0.15, 0.2) is 0 Å². The van der Waals surface area contributed by atoms with Gasteiger partial charge in [-0.15, -0.1) is 0 Å². The van der Waals surface area contributed by atoms with E-state index in [4.69, 9.17) is 17.3 Å². The van der Waals surface area contributed by atoms with Crippen molar-refractivity contribution < 1.29 is 9.53 Å². The molecule has 20 heavy (non-hydrogen) atoms. The molecular weight excluding hydrogens is 278 g/mol. The van der Waals surface area contributed by atoms with E-state index in [1.165, 1.54) is 7.11 Å². The van der Waals surface area contributed by atoms with Crippen LogP contribution >= 0.6 is 11.6 Å². The van der Waals surface area contributed by atoms with Crippen LogP contribution in [-0.4, -0.2) is 23.0 Å². The summed E-state index contributed by atoms with van der Waals surface area (Å²) in [6, 6.07) is 7.44. The van der Waals surface area contributed by atoms with E-state index in [-0.39, 0.29) is 11.4 Å². The predicted octanol–water partition coefficient (Wildman–Crippen LogP) is 2.40. The van der Waals surface area contributed by atoms with Crippen LogP contribution in [0.3, 0.4) is 0 Å². The van der Waals surface area contributed by atoms with Gasteiger partial charge in [-0.05, 0) is 18.6 Å². The number of aromatic nitrogens is 2. The molecule has 1 aromatic heterocycles. The third-order valence-corrected chi connectivity index (χ3v) is 3.23. The maximum atomic E-state index is 11.6. The minimum absolute atomic E-state index is 0.117. The van der Waals surface area contributed by atoms with Crippen molar-refractivity contribution in [3.05, 3.63) is 51.9 Å². The maximum Gasteiger partial charge on any atom is 0.343 e. The molecule has 0 unspecified atom stereocenters. The molecule has 0 fully saturated rings. The van der Waals surface area contributed by atoms with Crippen molar-refractivity contribution in [1.82, 2.24) is 9.97 Å². The summed E-state index contributed by atoms with van der Waals surface area (Å²) in [5.74, 6) is 0.0939. The molecule has 0 saturated heterocycles. The molecule has 0 aliphatic heterocycles. The summed E-state index contributed by atoms with van der Waals surface area (Å²) in [4.78, 5) is 20.0. The fourth-order valence-electron chi connectivity index (χ4n) is 1.90. The third kappa shape index (κ3) is 2.88. The number of nitrogen functional groups attached to an aromatic ring is 1. The number of nitrogens with two attached hydrogens (primary N) is 1. The van der Waals surface area contributed by atoms with E-state index in [0.29, 0.717) is 23.0 Å². The molecule has 2 N–H and O–H groups in total. The average Bonchev–Trinajstić information content (AvgIpc) is 2.40. The first-order chi connectivity index (χ1) is 9.52. The summed E-state index contributed by atoms with van der Waals surface area (Å²) in [7, 11) is 1.29. The molecular formula is C14H14ClN3O2. The Bertz CT molecular complexity index is 636. The number of halogens is 1. The zero-order valence-corrected chi connectivity index (χ0v) is 11.9. The second-order valence-electron chi connectivity index (χ2n) is 4.25. The topological polar surface area (TPSA) is 78.1 Å². The average molecular weight is 292 g/mol. The van der Waals surface area contributed by atoms with Crippen molar-refractivity contribution >= 4 is 23.4 Å². The molecule has 6 heteroatoms. The number of carbonyl (C=O) groups excluding carboxylic acids is 1. The zero-order chi connectivity index (χ0) is 14.7. The van der Waals surface area contributed by atoms with E-state index in [2.05, 4.69) is 14.7 Å². The minimum Gasteiger partial charge on any atom is -0.465 e. The van der Waals surface area contributed by atoms with Gasteiger partial charge < -0.3 is 10.5 Å². The van der Waals surface area contributed by atoms with Crippen molar-refractivity contribution in [2.45, 2.75) is 13.3 Å². The maximum absolute atomic E-state index is 11.6. The normalized spacial score (nSPS) is 10.3. The summed E-state index contributed by atoms with van der Waals surface area (Å²) in [6.45, 7) is 1.69. The predicted molar refractivity (Wildman–Crippen MR) is 76.8 cm³/mol. The number of ether oxygens (including phenoxy) is 1. The lowest BCUT2D eigenvalue weighted by Gasteiger charge is -2.09. The highest BCUT2D eigenvalue weighted by molar-refractivity contribution is 6.31. The van der Waals surface area contributed by atoms with E-state index in [1.54, 1.807) is 13.0 Å². The van der Waals surface area contributed by atoms with Crippen molar-refractivity contribution in [1.29, 1.82) is 0 Å². The number of benzene rings is 1. The third-order valence-electron chi connectivity index (χ3n) is 2.86. The monoisotopic (exact) mass is 291 g/mol. The van der Waals surface area contributed by atoms with Crippen LogP contribution in [-0.2, 0) is 11.2 Å². The molecule has 5 nitrogen and oxygen atoms in total. The zero-order valence-electron chi connectivity index (χ0n) is 11.2. The summed E-state index contributed by atoms with van der Waals surface area (Å²) >= 11 is 6.10. The van der Waals surface area contributed by atoms with Crippen molar-refractivity contribution in [3.8, 4) is 0 Å². The fourth-order valence-corrected chi connectivity index (χ4v) is 2.10. The van der Waals surface area contributed by atoms with Crippen molar-refractivity contribution in [3.63, 3.8) is 0 Å². The summed E-state index contributed by atoms with van der Waals surface area (Å²) < 4.78 is 4.66. The fraction of sp³-hybridized carbons (Fsp3) is 0.214. The summed E-state index contributed by atoms with van der Waals surface area (Å²) in [5, 5.41) is 0.643. The van der Waals surface area contributed by atoms with E-state index in [1.807, 2.05) is 18.2 Å². The highest BCUT2D eigenvalue weighted by Crippen LogP contribution is 2.20. The first kappa shape index (κ1) is 14.3. The molecule has 0 amide bonds. The molecule has 0 radical (unpaired) electrons. The van der Waals surface area contributed by atoms with E-state index >= 15 is 0 Å². The number of aryl methyl sites for hydroxylation is 1. The molecule has 0 aliphatic carbocycles. The standard InChI is InChI=1S/C14H14ClN3O2/c1-8-12(14(19)20-2)13(16)18-11(17-8)7-9-5-3-4-6-10(9)15/h3-6H,7H2,1-2H3,(H2,16,17,18). The number of anilines is 1. The van der Waals surface area contributed by atoms with Crippen LogP contribution in [0.25, 0.3) is 0 Å². The van der Waals surface area contributed by atoms with Crippen LogP contribution in [0.5, 0.6) is 0 Å². The first-order valence-corrected chi connectivity index (χ1v) is 6.35. The van der Waals surface area contributed by atoms with Crippen LogP contribution in [0.2, 0.25) is 5.02 Å². The number of hydrogen-bond donors (Lipinski definition) is 1. The Morgan fingerprint density at radius 2 is 2.05 bits per heavy atom. The molecule has 0 atom stereocenters. The second kappa shape index (κ2) is 5.88. The molecule has 1 aromatic carbocycles. The lowest BCUT2D eigenvalue weighted by Crippen LogP contribution is -2.13. The minimum atomic E-state index is -0.538. The first-order valence-electron chi connectivity index (χ1n) is 5.97. The number of nitrogens with zero attached hydrogens (tertiary/aromatic N) is 2. The van der Waals surface area contributed by atoms with Gasteiger partial charge in [-0.25, -0.2) is 14.8 Å². The lowest BCUT2D eigenvalue weighted by atomic mass is 10.1. The van der Waals surface area contributed by atoms with Crippen LogP contribution < -0.4 is 5.73 Å². The SMILES string of the molecule is COC(=O)c1c(C)nc(Cc2ccccc2Cl)nc1N. The quantitative estimate of drug-likeness (QED) is 0.879. The van der Waals surface area contributed by atoms with Gasteiger partial charge in [-0.1, -0.05) is 29.8 Å². The van der Waals surface area contributed by atoms with Gasteiger partial charge in [-0.2, -0.15) is 0 Å². The highest BCUT2D eigenvalue weighted by Gasteiger charge is 2.17. The molecule has 0 saturated carbocycles. The van der Waals surface area contributed by atoms with Gasteiger partial charge in [-0.3, -0.25) is 0 Å². The molecule has 1 heterocycles. The van der Waals surface area contributed by atoms with Crippen molar-refractivity contribution in [2.24, 2.45) is 0 Å². The van der Waals surface area contributed by atoms with Gasteiger partial charge in [0.05, 0.1) is 12.8 Å². The Balaban J connectivity index is 2.36. The molecule has 0 aliphatic rings. The van der Waals surface area contributed by atoms with E-state index in [0.717, 1.165) is 5.56 Å². The van der Waals surface area contributed by atoms with Crippen LogP contribution in [0.4, 0.5) is 5.82 Å². The van der Waals surface area contributed by atoms with Crippen LogP contribution in [0.1, 0.15) is 27.4 Å². The Hall–Kier alpha value is -2.14. The van der Waals surface area contributed by atoms with Gasteiger partial charge in [0, 0.05) is 11.4 Å². The smallest absolute Gasteiger partial charge is 0.343 e. The van der Waals surface area contributed by atoms with Crippen LogP contribution in [0.15, 0.2) is 24.3 Å². The van der Waals surface area contributed by atoms with Gasteiger partial charge in [0.2, 0.25) is 0 Å². The lowest BCUT2D eigenvalue weighted by molar-refractivity contribution is 0.0600. The summed E-state index contributed by atoms with van der Waals surface area (Å²) in [5.41, 5.74) is 7.40. The highest BCUT2D eigenvalue weighted by atomic mass is 35.5. The number of rotatable bonds is 3. The van der Waals surface area contributed by atoms with E-state index < -0.39 is 5.97 Å². The number of hydrogen-bond acceptors (Lipinski definition) is 5. The Morgan fingerprint density at radius 1 is 1.35 bits per heavy atom. The molecule has 2 aromatic rings. The second-order valence-corrected chi connectivity index (χ2v) is 4.65. The number of methoxy groups -OCH3 is 1. The Labute approximate surface area is 121 Å². The Kier molecular flexibility index (Phi) is 4.20. The number of carbonyl (C=O) groups is 1. The molecule has 0 spiro atoms. The van der Waals surface area contributed by atoms with Crippen molar-refractivity contribution in [2.75, 3.05) is 12.8 Å². The largest absolute Gasteiger partial charge is 0.465 e. The molecule has 2 rings (SSSR count). The molecule has 104 valence electrons. The van der Waals surface area contributed by atoms with Gasteiger partial charge in [0.1, 0.15) is 17.2 Å². The van der Waals surface area contributed by atoms with E-state index in [9.17, 15) is 4.79 Å². The Morgan fingerprint density at radius 3 is 2.65 bits per heavy atom. The van der Waals surface area contributed by atoms with Crippen LogP contribution in [0, 0.1) is 6.92 Å². The number of esters is 1. The van der Waals surface area contributed by atoms with Gasteiger partial charge >= 0.3 is 5.97 Å². The summed E-state index contributed by atoms with van der Waals surface area (Å²) in [6.07, 6.45) is 0.451. The van der Waals surface area contributed by atoms with Gasteiger partial charge in [0.25, 0.3) is 0 Å².